The number of carbonyl (C=O) groups excluding carboxylic acids is 1. The molecule has 0 saturated heterocycles. The fourth-order valence-corrected chi connectivity index (χ4v) is 3.06. The molecule has 1 aromatic heterocycles. The molecule has 0 saturated carbocycles. The number of nitrogens with one attached hydrogen (secondary N) is 1. The van der Waals surface area contributed by atoms with Crippen molar-refractivity contribution in [1.29, 1.82) is 0 Å². The third-order valence-corrected chi connectivity index (χ3v) is 4.60. The van der Waals surface area contributed by atoms with E-state index in [0.29, 0.717) is 6.54 Å². The third kappa shape index (κ3) is 9.07. The van der Waals surface area contributed by atoms with Crippen LogP contribution in [0.4, 0.5) is 0 Å². The SMILES string of the molecule is CCCCCCCCCCCCCCNC(=O)c1c(O)cc(C)oc1=O. The van der Waals surface area contributed by atoms with Gasteiger partial charge in [0, 0.05) is 12.6 Å². The Bertz CT molecular complexity index is 580. The molecule has 5 heteroatoms. The van der Waals surface area contributed by atoms with Gasteiger partial charge in [-0.05, 0) is 13.3 Å². The lowest BCUT2D eigenvalue weighted by molar-refractivity contribution is 0.0945. The quantitative estimate of drug-likeness (QED) is 0.450. The van der Waals surface area contributed by atoms with Gasteiger partial charge in [0.1, 0.15) is 11.5 Å². The van der Waals surface area contributed by atoms with Gasteiger partial charge in [0.15, 0.2) is 5.56 Å². The maximum Gasteiger partial charge on any atom is 0.352 e. The smallest absolute Gasteiger partial charge is 0.352 e. The van der Waals surface area contributed by atoms with E-state index in [1.165, 1.54) is 70.3 Å². The third-order valence-electron chi connectivity index (χ3n) is 4.60. The molecule has 0 aliphatic rings. The molecule has 0 spiro atoms. The molecule has 0 aromatic carbocycles. The Hall–Kier alpha value is -1.78. The molecule has 148 valence electrons. The van der Waals surface area contributed by atoms with E-state index in [4.69, 9.17) is 4.42 Å². The second kappa shape index (κ2) is 13.4. The molecule has 1 rings (SSSR count). The van der Waals surface area contributed by atoms with Gasteiger partial charge in [-0.15, -0.1) is 0 Å². The lowest BCUT2D eigenvalue weighted by Crippen LogP contribution is -2.29. The van der Waals surface area contributed by atoms with Gasteiger partial charge in [0.25, 0.3) is 5.91 Å². The van der Waals surface area contributed by atoms with E-state index < -0.39 is 11.5 Å². The summed E-state index contributed by atoms with van der Waals surface area (Å²) in [6.07, 6.45) is 15.1. The Kier molecular flexibility index (Phi) is 11.5. The van der Waals surface area contributed by atoms with Crippen LogP contribution in [0.3, 0.4) is 0 Å². The largest absolute Gasteiger partial charge is 0.507 e. The monoisotopic (exact) mass is 365 g/mol. The molecule has 2 N–H and O–H groups in total. The number of aromatic hydroxyl groups is 1. The maximum absolute atomic E-state index is 12.0. The summed E-state index contributed by atoms with van der Waals surface area (Å²) in [5.41, 5.74) is -1.11. The van der Waals surface area contributed by atoms with Gasteiger partial charge in [-0.25, -0.2) is 4.79 Å². The number of hydrogen-bond acceptors (Lipinski definition) is 4. The van der Waals surface area contributed by atoms with Crippen LogP contribution in [0.5, 0.6) is 5.75 Å². The van der Waals surface area contributed by atoms with Crippen molar-refractivity contribution in [3.63, 3.8) is 0 Å². The first-order chi connectivity index (χ1) is 12.6. The first-order valence-corrected chi connectivity index (χ1v) is 10.2. The highest BCUT2D eigenvalue weighted by Crippen LogP contribution is 2.14. The number of rotatable bonds is 14. The Morgan fingerprint density at radius 3 is 1.96 bits per heavy atom. The number of carbonyl (C=O) groups is 1. The van der Waals surface area contributed by atoms with Crippen LogP contribution >= 0.6 is 0 Å². The Balaban J connectivity index is 2.03. The van der Waals surface area contributed by atoms with E-state index in [-0.39, 0.29) is 17.1 Å². The summed E-state index contributed by atoms with van der Waals surface area (Å²) in [5, 5.41) is 12.4. The zero-order valence-electron chi connectivity index (χ0n) is 16.4. The molecule has 0 atom stereocenters. The number of amides is 1. The fourth-order valence-electron chi connectivity index (χ4n) is 3.06. The van der Waals surface area contributed by atoms with Crippen molar-refractivity contribution >= 4 is 5.91 Å². The minimum atomic E-state index is -0.797. The maximum atomic E-state index is 12.0. The summed E-state index contributed by atoms with van der Waals surface area (Å²) >= 11 is 0. The normalized spacial score (nSPS) is 10.8. The average Bonchev–Trinajstić information content (AvgIpc) is 2.58. The van der Waals surface area contributed by atoms with Crippen LogP contribution in [-0.4, -0.2) is 17.6 Å². The van der Waals surface area contributed by atoms with Crippen molar-refractivity contribution in [3.8, 4) is 5.75 Å². The van der Waals surface area contributed by atoms with Gasteiger partial charge in [-0.3, -0.25) is 4.79 Å². The van der Waals surface area contributed by atoms with Crippen LogP contribution in [0.15, 0.2) is 15.3 Å². The summed E-state index contributed by atoms with van der Waals surface area (Å²) in [7, 11) is 0. The molecule has 1 aromatic rings. The summed E-state index contributed by atoms with van der Waals surface area (Å²) in [5.74, 6) is -0.615. The van der Waals surface area contributed by atoms with E-state index in [2.05, 4.69) is 12.2 Å². The molecular formula is C21H35NO4. The van der Waals surface area contributed by atoms with E-state index in [9.17, 15) is 14.7 Å². The van der Waals surface area contributed by atoms with E-state index >= 15 is 0 Å². The van der Waals surface area contributed by atoms with Crippen LogP contribution in [0.25, 0.3) is 0 Å². The van der Waals surface area contributed by atoms with Gasteiger partial charge >= 0.3 is 5.63 Å². The van der Waals surface area contributed by atoms with Crippen molar-refractivity contribution in [1.82, 2.24) is 5.32 Å². The van der Waals surface area contributed by atoms with Crippen LogP contribution < -0.4 is 10.9 Å². The van der Waals surface area contributed by atoms with Crippen LogP contribution in [0.2, 0.25) is 0 Å². The zero-order chi connectivity index (χ0) is 19.2. The topological polar surface area (TPSA) is 79.5 Å². The molecule has 0 aliphatic heterocycles. The molecule has 0 aliphatic carbocycles. The highest BCUT2D eigenvalue weighted by Gasteiger charge is 2.17. The highest BCUT2D eigenvalue weighted by atomic mass is 16.4. The highest BCUT2D eigenvalue weighted by molar-refractivity contribution is 5.96. The van der Waals surface area contributed by atoms with E-state index in [0.717, 1.165) is 12.8 Å². The predicted molar refractivity (Wildman–Crippen MR) is 105 cm³/mol. The number of unbranched alkanes of at least 4 members (excludes halogenated alkanes) is 11. The summed E-state index contributed by atoms with van der Waals surface area (Å²) in [6, 6.07) is 1.28. The lowest BCUT2D eigenvalue weighted by atomic mass is 10.1. The van der Waals surface area contributed by atoms with Gasteiger partial charge < -0.3 is 14.8 Å². The standard InChI is InChI=1S/C21H35NO4/c1-3-4-5-6-7-8-9-10-11-12-13-14-15-22-20(24)19-18(23)16-17(2)26-21(19)25/h16,23H,3-15H2,1-2H3,(H,22,24). The first kappa shape index (κ1) is 22.3. The summed E-state index contributed by atoms with van der Waals surface area (Å²) in [4.78, 5) is 23.6. The van der Waals surface area contributed by atoms with Crippen LogP contribution in [-0.2, 0) is 0 Å². The van der Waals surface area contributed by atoms with Crippen molar-refractivity contribution in [2.75, 3.05) is 6.54 Å². The molecule has 1 heterocycles. The van der Waals surface area contributed by atoms with E-state index in [1.807, 2.05) is 0 Å². The first-order valence-electron chi connectivity index (χ1n) is 10.2. The van der Waals surface area contributed by atoms with Gasteiger partial charge in [-0.2, -0.15) is 0 Å². The number of hydrogen-bond donors (Lipinski definition) is 2. The minimum absolute atomic E-state index is 0.282. The van der Waals surface area contributed by atoms with Gasteiger partial charge in [0.2, 0.25) is 0 Å². The van der Waals surface area contributed by atoms with Crippen molar-refractivity contribution in [3.05, 3.63) is 27.8 Å². The lowest BCUT2D eigenvalue weighted by Gasteiger charge is -2.06. The molecule has 26 heavy (non-hydrogen) atoms. The summed E-state index contributed by atoms with van der Waals surface area (Å²) in [6.45, 7) is 4.30. The molecule has 0 fully saturated rings. The molecular weight excluding hydrogens is 330 g/mol. The molecule has 0 bridgehead atoms. The average molecular weight is 366 g/mol. The Morgan fingerprint density at radius 1 is 0.962 bits per heavy atom. The summed E-state index contributed by atoms with van der Waals surface area (Å²) < 4.78 is 4.85. The second-order valence-corrected chi connectivity index (χ2v) is 7.05. The van der Waals surface area contributed by atoms with Crippen molar-refractivity contribution < 1.29 is 14.3 Å². The Morgan fingerprint density at radius 2 is 1.46 bits per heavy atom. The molecule has 5 nitrogen and oxygen atoms in total. The molecule has 0 radical (unpaired) electrons. The molecule has 1 amide bonds. The van der Waals surface area contributed by atoms with Crippen molar-refractivity contribution in [2.24, 2.45) is 0 Å². The van der Waals surface area contributed by atoms with Crippen LogP contribution in [0, 0.1) is 6.92 Å². The van der Waals surface area contributed by atoms with Crippen LogP contribution in [0.1, 0.15) is 100 Å². The van der Waals surface area contributed by atoms with E-state index in [1.54, 1.807) is 6.92 Å². The van der Waals surface area contributed by atoms with Gasteiger partial charge in [-0.1, -0.05) is 77.6 Å². The van der Waals surface area contributed by atoms with Crippen molar-refractivity contribution in [2.45, 2.75) is 90.9 Å². The minimum Gasteiger partial charge on any atom is -0.507 e. The molecule has 0 unspecified atom stereocenters. The predicted octanol–water partition coefficient (Wildman–Crippen LogP) is 5.08. The zero-order valence-corrected chi connectivity index (χ0v) is 16.4. The fraction of sp³-hybridized carbons (Fsp3) is 0.714. The number of aryl methyl sites for hydroxylation is 1. The second-order valence-electron chi connectivity index (χ2n) is 7.05. The van der Waals surface area contributed by atoms with Gasteiger partial charge in [0.05, 0.1) is 0 Å². The Labute approximate surface area is 157 Å².